The number of nitrogens with one attached hydrogen (secondary N) is 1. The Balaban J connectivity index is 2.76. The first-order valence-corrected chi connectivity index (χ1v) is 5.27. The van der Waals surface area contributed by atoms with Gasteiger partial charge in [0.25, 0.3) is 0 Å². The van der Waals surface area contributed by atoms with Crippen molar-refractivity contribution in [3.8, 4) is 0 Å². The molecule has 0 bridgehead atoms. The Morgan fingerprint density at radius 2 is 2.06 bits per heavy atom. The molecule has 0 aliphatic rings. The second-order valence-corrected chi connectivity index (χ2v) is 4.16. The monoisotopic (exact) mass is 223 g/mol. The molecule has 16 heavy (non-hydrogen) atoms. The van der Waals surface area contributed by atoms with E-state index < -0.39 is 12.0 Å². The molecule has 1 aromatic rings. The van der Waals surface area contributed by atoms with Gasteiger partial charge >= 0.3 is 5.97 Å². The number of rotatable bonds is 5. The summed E-state index contributed by atoms with van der Waals surface area (Å²) in [6.07, 6.45) is 3.69. The smallest absolute Gasteiger partial charge is 0.326 e. The number of carbonyl (C=O) groups is 1. The number of carboxylic acids is 1. The van der Waals surface area contributed by atoms with E-state index in [0.29, 0.717) is 23.9 Å². The van der Waals surface area contributed by atoms with Crippen LogP contribution < -0.4 is 5.32 Å². The van der Waals surface area contributed by atoms with Crippen LogP contribution in [0.1, 0.15) is 26.0 Å². The van der Waals surface area contributed by atoms with E-state index in [1.54, 1.807) is 19.3 Å². The van der Waals surface area contributed by atoms with Crippen molar-refractivity contribution in [3.63, 3.8) is 0 Å². The molecule has 0 aromatic carbocycles. The van der Waals surface area contributed by atoms with Crippen molar-refractivity contribution in [1.29, 1.82) is 0 Å². The molecule has 0 saturated heterocycles. The number of hydrogen-bond acceptors (Lipinski definition) is 4. The minimum atomic E-state index is -0.862. The fourth-order valence-electron chi connectivity index (χ4n) is 1.41. The zero-order valence-electron chi connectivity index (χ0n) is 9.77. The number of hydrogen-bond donors (Lipinski definition) is 2. The highest BCUT2D eigenvalue weighted by Gasteiger charge is 2.19. The summed E-state index contributed by atoms with van der Waals surface area (Å²) in [7, 11) is 0. The number of aryl methyl sites for hydroxylation is 1. The van der Waals surface area contributed by atoms with Gasteiger partial charge in [0, 0.05) is 12.4 Å². The van der Waals surface area contributed by atoms with E-state index in [4.69, 9.17) is 5.11 Å². The molecule has 1 heterocycles. The summed E-state index contributed by atoms with van der Waals surface area (Å²) >= 11 is 0. The lowest BCUT2D eigenvalue weighted by molar-refractivity contribution is -0.138. The molecule has 1 aromatic heterocycles. The lowest BCUT2D eigenvalue weighted by Gasteiger charge is -2.17. The summed E-state index contributed by atoms with van der Waals surface area (Å²) < 4.78 is 0. The maximum Gasteiger partial charge on any atom is 0.326 e. The van der Waals surface area contributed by atoms with E-state index in [0.717, 1.165) is 0 Å². The van der Waals surface area contributed by atoms with Gasteiger partial charge in [0.05, 0.1) is 5.69 Å². The fraction of sp³-hybridized carbons (Fsp3) is 0.545. The first-order chi connectivity index (χ1) is 7.50. The van der Waals surface area contributed by atoms with Gasteiger partial charge < -0.3 is 10.4 Å². The van der Waals surface area contributed by atoms with Gasteiger partial charge in [-0.05, 0) is 19.3 Å². The molecular formula is C11H17N3O2. The Labute approximate surface area is 94.9 Å². The molecule has 0 spiro atoms. The first kappa shape index (κ1) is 12.4. The summed E-state index contributed by atoms with van der Waals surface area (Å²) in [6, 6.07) is -0.615. The Hall–Kier alpha value is -1.65. The molecule has 0 aliphatic carbocycles. The summed E-state index contributed by atoms with van der Waals surface area (Å²) in [6.45, 7) is 5.77. The lowest BCUT2D eigenvalue weighted by Crippen LogP contribution is -2.31. The van der Waals surface area contributed by atoms with E-state index in [1.807, 2.05) is 13.8 Å². The van der Waals surface area contributed by atoms with Crippen LogP contribution in [0.4, 0.5) is 5.82 Å². The van der Waals surface area contributed by atoms with Crippen LogP contribution in [-0.4, -0.2) is 27.1 Å². The van der Waals surface area contributed by atoms with Crippen LogP contribution in [-0.2, 0) is 4.79 Å². The van der Waals surface area contributed by atoms with E-state index >= 15 is 0 Å². The molecule has 5 heteroatoms. The topological polar surface area (TPSA) is 75.1 Å². The van der Waals surface area contributed by atoms with Crippen LogP contribution in [0.5, 0.6) is 0 Å². The number of aromatic nitrogens is 2. The molecule has 1 rings (SSSR count). The molecule has 0 fully saturated rings. The van der Waals surface area contributed by atoms with Gasteiger partial charge in [0.2, 0.25) is 0 Å². The molecule has 88 valence electrons. The fourth-order valence-corrected chi connectivity index (χ4v) is 1.41. The van der Waals surface area contributed by atoms with E-state index in [-0.39, 0.29) is 0 Å². The maximum atomic E-state index is 11.0. The minimum Gasteiger partial charge on any atom is -0.480 e. The zero-order chi connectivity index (χ0) is 12.1. The summed E-state index contributed by atoms with van der Waals surface area (Å²) in [4.78, 5) is 19.2. The van der Waals surface area contributed by atoms with Crippen LogP contribution in [0.2, 0.25) is 0 Å². The molecule has 1 unspecified atom stereocenters. The van der Waals surface area contributed by atoms with E-state index in [1.165, 1.54) is 0 Å². The first-order valence-electron chi connectivity index (χ1n) is 5.27. The third-order valence-corrected chi connectivity index (χ3v) is 2.20. The summed E-state index contributed by atoms with van der Waals surface area (Å²) in [5.41, 5.74) is 0.706. The van der Waals surface area contributed by atoms with Crippen molar-refractivity contribution >= 4 is 11.8 Å². The van der Waals surface area contributed by atoms with Crippen molar-refractivity contribution in [1.82, 2.24) is 9.97 Å². The summed E-state index contributed by atoms with van der Waals surface area (Å²) in [5, 5.41) is 12.0. The van der Waals surface area contributed by atoms with Gasteiger partial charge in [-0.25, -0.2) is 9.78 Å². The number of aliphatic carboxylic acids is 1. The highest BCUT2D eigenvalue weighted by atomic mass is 16.4. The molecular weight excluding hydrogens is 206 g/mol. The maximum absolute atomic E-state index is 11.0. The lowest BCUT2D eigenvalue weighted by atomic mass is 10.0. The second-order valence-electron chi connectivity index (χ2n) is 4.16. The number of anilines is 1. The molecule has 5 nitrogen and oxygen atoms in total. The van der Waals surface area contributed by atoms with E-state index in [9.17, 15) is 4.79 Å². The molecule has 0 amide bonds. The average Bonchev–Trinajstić information content (AvgIpc) is 2.19. The highest BCUT2D eigenvalue weighted by molar-refractivity contribution is 5.77. The van der Waals surface area contributed by atoms with Crippen LogP contribution in [0, 0.1) is 12.8 Å². The quantitative estimate of drug-likeness (QED) is 0.794. The third-order valence-electron chi connectivity index (χ3n) is 2.20. The molecule has 2 N–H and O–H groups in total. The van der Waals surface area contributed by atoms with Crippen molar-refractivity contribution < 1.29 is 9.90 Å². The predicted molar refractivity (Wildman–Crippen MR) is 61.3 cm³/mol. The van der Waals surface area contributed by atoms with Gasteiger partial charge in [0.15, 0.2) is 0 Å². The Bertz CT molecular complexity index is 366. The average molecular weight is 223 g/mol. The Morgan fingerprint density at radius 3 is 2.56 bits per heavy atom. The van der Waals surface area contributed by atoms with Crippen LogP contribution >= 0.6 is 0 Å². The van der Waals surface area contributed by atoms with Gasteiger partial charge in [0.1, 0.15) is 11.9 Å². The highest BCUT2D eigenvalue weighted by Crippen LogP contribution is 2.13. The van der Waals surface area contributed by atoms with Gasteiger partial charge in [-0.1, -0.05) is 13.8 Å². The Kier molecular flexibility index (Phi) is 4.22. The molecule has 0 aliphatic heterocycles. The normalized spacial score (nSPS) is 12.5. The van der Waals surface area contributed by atoms with E-state index in [2.05, 4.69) is 15.3 Å². The minimum absolute atomic E-state index is 0.311. The van der Waals surface area contributed by atoms with Crippen molar-refractivity contribution in [2.24, 2.45) is 5.92 Å². The largest absolute Gasteiger partial charge is 0.480 e. The van der Waals surface area contributed by atoms with Gasteiger partial charge in [-0.3, -0.25) is 4.98 Å². The molecule has 1 atom stereocenters. The van der Waals surface area contributed by atoms with Gasteiger partial charge in [-0.2, -0.15) is 0 Å². The Morgan fingerprint density at radius 1 is 1.44 bits per heavy atom. The number of carboxylic acid groups (broad SMARTS) is 1. The van der Waals surface area contributed by atoms with Crippen molar-refractivity contribution in [2.45, 2.75) is 33.2 Å². The molecule has 0 saturated carbocycles. The van der Waals surface area contributed by atoms with Gasteiger partial charge in [-0.15, -0.1) is 0 Å². The number of nitrogens with zero attached hydrogens (tertiary/aromatic N) is 2. The van der Waals surface area contributed by atoms with Crippen LogP contribution in [0.3, 0.4) is 0 Å². The molecule has 0 radical (unpaired) electrons. The van der Waals surface area contributed by atoms with Crippen LogP contribution in [0.15, 0.2) is 12.4 Å². The third kappa shape index (κ3) is 3.49. The van der Waals surface area contributed by atoms with Crippen molar-refractivity contribution in [3.05, 3.63) is 18.1 Å². The SMILES string of the molecule is Cc1nccnc1NC(CC(C)C)C(=O)O. The van der Waals surface area contributed by atoms with Crippen molar-refractivity contribution in [2.75, 3.05) is 5.32 Å². The standard InChI is InChI=1S/C11H17N3O2/c1-7(2)6-9(11(15)16)14-10-8(3)12-4-5-13-10/h4-5,7,9H,6H2,1-3H3,(H,13,14)(H,15,16). The second kappa shape index (κ2) is 5.44. The van der Waals surface area contributed by atoms with Crippen LogP contribution in [0.25, 0.3) is 0 Å². The predicted octanol–water partition coefficient (Wildman–Crippen LogP) is 1.70. The summed E-state index contributed by atoms with van der Waals surface area (Å²) in [5.74, 6) is -0.0140. The zero-order valence-corrected chi connectivity index (χ0v) is 9.77.